The van der Waals surface area contributed by atoms with Crippen LogP contribution in [0.3, 0.4) is 0 Å². The van der Waals surface area contributed by atoms with E-state index in [1.807, 2.05) is 0 Å². The third kappa shape index (κ3) is 2.64. The number of rotatable bonds is 6. The molecule has 2 nitrogen and oxygen atoms in total. The van der Waals surface area contributed by atoms with E-state index in [2.05, 4.69) is 6.58 Å². The number of halogens is 1. The molecule has 0 N–H and O–H groups in total. The molecule has 0 radical (unpaired) electrons. The van der Waals surface area contributed by atoms with Gasteiger partial charge in [0.15, 0.2) is 0 Å². The first-order chi connectivity index (χ1) is 6.22. The van der Waals surface area contributed by atoms with Crippen LogP contribution in [0.1, 0.15) is 12.8 Å². The lowest BCUT2D eigenvalue weighted by molar-refractivity contribution is -0.0601. The quantitative estimate of drug-likeness (QED) is 0.360. The Balaban J connectivity index is 2.37. The van der Waals surface area contributed by atoms with Crippen molar-refractivity contribution in [2.45, 2.75) is 12.8 Å². The van der Waals surface area contributed by atoms with Gasteiger partial charge in [-0.1, -0.05) is 6.08 Å². The van der Waals surface area contributed by atoms with Crippen LogP contribution in [0.15, 0.2) is 24.6 Å². The third-order valence-electron chi connectivity index (χ3n) is 2.13. The summed E-state index contributed by atoms with van der Waals surface area (Å²) in [6, 6.07) is 0. The predicted molar refractivity (Wildman–Crippen MR) is 48.9 cm³/mol. The van der Waals surface area contributed by atoms with Crippen LogP contribution in [0, 0.1) is 5.41 Å². The van der Waals surface area contributed by atoms with Crippen LogP contribution in [-0.2, 0) is 9.47 Å². The average molecular weight is 186 g/mol. The number of ether oxygens (including phenoxy) is 2. The maximum Gasteiger partial charge on any atom is 0.146 e. The molecule has 1 atom stereocenters. The van der Waals surface area contributed by atoms with Crippen LogP contribution in [0.2, 0.25) is 0 Å². The highest BCUT2D eigenvalue weighted by Crippen LogP contribution is 2.43. The van der Waals surface area contributed by atoms with E-state index in [-0.39, 0.29) is 18.0 Å². The van der Waals surface area contributed by atoms with Gasteiger partial charge in [-0.15, -0.1) is 6.58 Å². The second kappa shape index (κ2) is 4.53. The minimum absolute atomic E-state index is 0.0529. The molecule has 0 saturated carbocycles. The molecule has 0 saturated heterocycles. The monoisotopic (exact) mass is 186 g/mol. The molecule has 74 valence electrons. The highest BCUT2D eigenvalue weighted by atomic mass is 19.1. The fourth-order valence-electron chi connectivity index (χ4n) is 1.54. The molecule has 0 aromatic heterocycles. The highest BCUT2D eigenvalue weighted by Gasteiger charge is 2.36. The average Bonchev–Trinajstić information content (AvgIpc) is 2.03. The van der Waals surface area contributed by atoms with E-state index in [1.165, 1.54) is 0 Å². The molecule has 13 heavy (non-hydrogen) atoms. The molecule has 0 amide bonds. The molecule has 0 bridgehead atoms. The Bertz CT molecular complexity index is 213. The summed E-state index contributed by atoms with van der Waals surface area (Å²) >= 11 is 0. The molecule has 0 aromatic rings. The van der Waals surface area contributed by atoms with Gasteiger partial charge in [0.1, 0.15) is 6.79 Å². The zero-order valence-electron chi connectivity index (χ0n) is 7.88. The van der Waals surface area contributed by atoms with Crippen LogP contribution in [0.5, 0.6) is 0 Å². The fraction of sp³-hybridized carbons (Fsp3) is 0.600. The van der Waals surface area contributed by atoms with Gasteiger partial charge in [-0.2, -0.15) is 0 Å². The van der Waals surface area contributed by atoms with E-state index >= 15 is 0 Å². The summed E-state index contributed by atoms with van der Waals surface area (Å²) in [5, 5.41) is 0. The van der Waals surface area contributed by atoms with Gasteiger partial charge in [0.25, 0.3) is 0 Å². The van der Waals surface area contributed by atoms with Crippen molar-refractivity contribution in [1.82, 2.24) is 0 Å². The molecule has 0 aromatic carbocycles. The van der Waals surface area contributed by atoms with E-state index in [9.17, 15) is 4.39 Å². The Morgan fingerprint density at radius 3 is 2.92 bits per heavy atom. The fourth-order valence-corrected chi connectivity index (χ4v) is 1.54. The summed E-state index contributed by atoms with van der Waals surface area (Å²) in [7, 11) is 1.57. The molecular weight excluding hydrogens is 171 g/mol. The van der Waals surface area contributed by atoms with E-state index in [1.54, 1.807) is 19.3 Å². The molecule has 0 fully saturated rings. The molecule has 0 heterocycles. The lowest BCUT2D eigenvalue weighted by atomic mass is 9.73. The molecule has 0 spiro atoms. The van der Waals surface area contributed by atoms with E-state index < -0.39 is 0 Å². The minimum atomic E-state index is -0.162. The predicted octanol–water partition coefficient (Wildman–Crippen LogP) is 2.43. The summed E-state index contributed by atoms with van der Waals surface area (Å²) in [6.45, 7) is 4.40. The van der Waals surface area contributed by atoms with Crippen molar-refractivity contribution in [3.8, 4) is 0 Å². The second-order valence-corrected chi connectivity index (χ2v) is 3.38. The van der Waals surface area contributed by atoms with Gasteiger partial charge in [0, 0.05) is 18.9 Å². The maximum absolute atomic E-state index is 12.6. The third-order valence-corrected chi connectivity index (χ3v) is 2.13. The van der Waals surface area contributed by atoms with Gasteiger partial charge in [-0.25, -0.2) is 4.39 Å². The van der Waals surface area contributed by atoms with E-state index in [0.717, 1.165) is 6.42 Å². The molecule has 1 aliphatic rings. The smallest absolute Gasteiger partial charge is 0.146 e. The van der Waals surface area contributed by atoms with Gasteiger partial charge in [-0.3, -0.25) is 0 Å². The van der Waals surface area contributed by atoms with Crippen molar-refractivity contribution < 1.29 is 13.9 Å². The molecule has 3 heteroatoms. The number of hydrogen-bond donors (Lipinski definition) is 0. The Kier molecular flexibility index (Phi) is 3.63. The second-order valence-electron chi connectivity index (χ2n) is 3.38. The van der Waals surface area contributed by atoms with Gasteiger partial charge in [0.05, 0.1) is 12.4 Å². The van der Waals surface area contributed by atoms with E-state index in [0.29, 0.717) is 13.0 Å². The van der Waals surface area contributed by atoms with Crippen LogP contribution < -0.4 is 0 Å². The SMILES string of the molecule is C=CCC1(COCOC)C=C(F)C1. The molecule has 0 aliphatic heterocycles. The Morgan fingerprint density at radius 1 is 1.77 bits per heavy atom. The van der Waals surface area contributed by atoms with Crippen LogP contribution in [0.4, 0.5) is 4.39 Å². The van der Waals surface area contributed by atoms with Crippen LogP contribution in [0.25, 0.3) is 0 Å². The first-order valence-corrected chi connectivity index (χ1v) is 4.27. The lowest BCUT2D eigenvalue weighted by Gasteiger charge is -2.35. The minimum Gasteiger partial charge on any atom is -0.359 e. The zero-order valence-corrected chi connectivity index (χ0v) is 7.88. The standard InChI is InChI=1S/C10H15FO2/c1-3-4-10(5-9(11)6-10)7-13-8-12-2/h3,5H,1,4,6-8H2,2H3. The molecule has 1 aliphatic carbocycles. The van der Waals surface area contributed by atoms with Crippen molar-refractivity contribution in [1.29, 1.82) is 0 Å². The summed E-state index contributed by atoms with van der Waals surface area (Å²) in [5.41, 5.74) is -0.162. The van der Waals surface area contributed by atoms with Crippen molar-refractivity contribution >= 4 is 0 Å². The van der Waals surface area contributed by atoms with Gasteiger partial charge in [0.2, 0.25) is 0 Å². The molecular formula is C10H15FO2. The highest BCUT2D eigenvalue weighted by molar-refractivity contribution is 5.20. The number of hydrogen-bond acceptors (Lipinski definition) is 2. The lowest BCUT2D eigenvalue weighted by Crippen LogP contribution is -2.31. The summed E-state index contributed by atoms with van der Waals surface area (Å²) < 4.78 is 22.5. The molecule has 1 rings (SSSR count). The summed E-state index contributed by atoms with van der Waals surface area (Å²) in [5.74, 6) is -0.0529. The topological polar surface area (TPSA) is 18.5 Å². The van der Waals surface area contributed by atoms with Crippen molar-refractivity contribution in [2.24, 2.45) is 5.41 Å². The first kappa shape index (κ1) is 10.4. The Labute approximate surface area is 78.0 Å². The van der Waals surface area contributed by atoms with Crippen molar-refractivity contribution in [2.75, 3.05) is 20.5 Å². The normalized spacial score (nSPS) is 26.5. The summed E-state index contributed by atoms with van der Waals surface area (Å²) in [4.78, 5) is 0. The van der Waals surface area contributed by atoms with Gasteiger partial charge >= 0.3 is 0 Å². The van der Waals surface area contributed by atoms with Crippen LogP contribution >= 0.6 is 0 Å². The van der Waals surface area contributed by atoms with Crippen molar-refractivity contribution in [3.05, 3.63) is 24.6 Å². The van der Waals surface area contributed by atoms with E-state index in [4.69, 9.17) is 9.47 Å². The largest absolute Gasteiger partial charge is 0.359 e. The maximum atomic E-state index is 12.6. The molecule has 1 unspecified atom stereocenters. The van der Waals surface area contributed by atoms with Crippen LogP contribution in [-0.4, -0.2) is 20.5 Å². The first-order valence-electron chi connectivity index (χ1n) is 4.27. The zero-order chi connectivity index (χ0) is 9.73. The Morgan fingerprint density at radius 2 is 2.46 bits per heavy atom. The van der Waals surface area contributed by atoms with Gasteiger partial charge in [-0.05, 0) is 12.5 Å². The number of methoxy groups -OCH3 is 1. The number of allylic oxidation sites excluding steroid dienone is 2. The van der Waals surface area contributed by atoms with Gasteiger partial charge < -0.3 is 9.47 Å². The summed E-state index contributed by atoms with van der Waals surface area (Å²) in [6.07, 6.45) is 4.62. The van der Waals surface area contributed by atoms with Crippen molar-refractivity contribution in [3.63, 3.8) is 0 Å². The Hall–Kier alpha value is -0.670.